The summed E-state index contributed by atoms with van der Waals surface area (Å²) < 4.78 is 5.62. The molecule has 0 spiro atoms. The Bertz CT molecular complexity index is 447. The lowest BCUT2D eigenvalue weighted by atomic mass is 10.0. The summed E-state index contributed by atoms with van der Waals surface area (Å²) in [7, 11) is 0. The molecule has 1 aliphatic heterocycles. The zero-order chi connectivity index (χ0) is 14.4. The SMILES string of the molecule is CC1CCCCN1CCCOc1ccccc1C(=O)O. The molecule has 4 nitrogen and oxygen atoms in total. The van der Waals surface area contributed by atoms with Gasteiger partial charge in [0.2, 0.25) is 0 Å². The molecule has 1 N–H and O–H groups in total. The number of nitrogens with zero attached hydrogens (tertiary/aromatic N) is 1. The minimum Gasteiger partial charge on any atom is -0.493 e. The van der Waals surface area contributed by atoms with Crippen LogP contribution in [-0.4, -0.2) is 41.7 Å². The highest BCUT2D eigenvalue weighted by Crippen LogP contribution is 2.19. The Balaban J connectivity index is 1.77. The van der Waals surface area contributed by atoms with Crippen LogP contribution in [0.25, 0.3) is 0 Å². The minimum atomic E-state index is -0.940. The van der Waals surface area contributed by atoms with Crippen LogP contribution in [0.4, 0.5) is 0 Å². The molecule has 20 heavy (non-hydrogen) atoms. The molecular formula is C16H23NO3. The Hall–Kier alpha value is -1.55. The van der Waals surface area contributed by atoms with Gasteiger partial charge in [-0.3, -0.25) is 0 Å². The average Bonchev–Trinajstić information content (AvgIpc) is 2.45. The quantitative estimate of drug-likeness (QED) is 0.812. The smallest absolute Gasteiger partial charge is 0.339 e. The molecule has 1 unspecified atom stereocenters. The molecule has 0 saturated carbocycles. The van der Waals surface area contributed by atoms with Crippen molar-refractivity contribution >= 4 is 5.97 Å². The number of benzene rings is 1. The Morgan fingerprint density at radius 3 is 2.95 bits per heavy atom. The standard InChI is InChI=1S/C16H23NO3/c1-13-7-4-5-10-17(13)11-6-12-20-15-9-3-2-8-14(15)16(18)19/h2-3,8-9,13H,4-7,10-12H2,1H3,(H,18,19). The van der Waals surface area contributed by atoms with Gasteiger partial charge in [0.15, 0.2) is 0 Å². The Morgan fingerprint density at radius 1 is 1.40 bits per heavy atom. The Kier molecular flexibility index (Phi) is 5.41. The van der Waals surface area contributed by atoms with Gasteiger partial charge in [-0.25, -0.2) is 4.79 Å². The van der Waals surface area contributed by atoms with Gasteiger partial charge in [0.1, 0.15) is 11.3 Å². The molecule has 1 fully saturated rings. The second-order valence-electron chi connectivity index (χ2n) is 5.38. The second kappa shape index (κ2) is 7.29. The summed E-state index contributed by atoms with van der Waals surface area (Å²) in [5.41, 5.74) is 0.235. The zero-order valence-corrected chi connectivity index (χ0v) is 12.0. The van der Waals surface area contributed by atoms with Crippen molar-refractivity contribution in [2.75, 3.05) is 19.7 Å². The lowest BCUT2D eigenvalue weighted by molar-refractivity contribution is 0.0692. The number of piperidine rings is 1. The van der Waals surface area contributed by atoms with Gasteiger partial charge in [-0.15, -0.1) is 0 Å². The lowest BCUT2D eigenvalue weighted by Gasteiger charge is -2.33. The molecule has 0 aliphatic carbocycles. The summed E-state index contributed by atoms with van der Waals surface area (Å²) in [5, 5.41) is 9.07. The molecule has 0 radical (unpaired) electrons. The maximum atomic E-state index is 11.1. The van der Waals surface area contributed by atoms with Crippen molar-refractivity contribution < 1.29 is 14.6 Å². The number of carbonyl (C=O) groups is 1. The van der Waals surface area contributed by atoms with Gasteiger partial charge in [-0.05, 0) is 44.9 Å². The average molecular weight is 277 g/mol. The van der Waals surface area contributed by atoms with E-state index < -0.39 is 5.97 Å². The maximum absolute atomic E-state index is 11.1. The van der Waals surface area contributed by atoms with Crippen LogP contribution in [0.3, 0.4) is 0 Å². The molecule has 1 aromatic rings. The van der Waals surface area contributed by atoms with Crippen molar-refractivity contribution in [2.24, 2.45) is 0 Å². The largest absolute Gasteiger partial charge is 0.493 e. The van der Waals surface area contributed by atoms with Crippen molar-refractivity contribution in [3.8, 4) is 5.75 Å². The van der Waals surface area contributed by atoms with Crippen LogP contribution in [0, 0.1) is 0 Å². The molecule has 1 aromatic carbocycles. The van der Waals surface area contributed by atoms with Crippen molar-refractivity contribution in [3.05, 3.63) is 29.8 Å². The number of carboxylic acid groups (broad SMARTS) is 1. The molecule has 0 aromatic heterocycles. The van der Waals surface area contributed by atoms with Gasteiger partial charge in [-0.2, -0.15) is 0 Å². The van der Waals surface area contributed by atoms with E-state index in [4.69, 9.17) is 9.84 Å². The van der Waals surface area contributed by atoms with Gasteiger partial charge in [0.25, 0.3) is 0 Å². The van der Waals surface area contributed by atoms with E-state index in [2.05, 4.69) is 11.8 Å². The van der Waals surface area contributed by atoms with E-state index >= 15 is 0 Å². The number of carboxylic acids is 1. The van der Waals surface area contributed by atoms with Crippen LogP contribution >= 0.6 is 0 Å². The van der Waals surface area contributed by atoms with Gasteiger partial charge >= 0.3 is 5.97 Å². The molecular weight excluding hydrogens is 254 g/mol. The number of likely N-dealkylation sites (tertiary alicyclic amines) is 1. The third kappa shape index (κ3) is 3.97. The number of para-hydroxylation sites is 1. The number of ether oxygens (including phenoxy) is 1. The van der Waals surface area contributed by atoms with Crippen LogP contribution in [-0.2, 0) is 0 Å². The molecule has 1 heterocycles. The predicted molar refractivity (Wildman–Crippen MR) is 78.4 cm³/mol. The molecule has 0 amide bonds. The van der Waals surface area contributed by atoms with Crippen LogP contribution in [0.1, 0.15) is 43.0 Å². The highest BCUT2D eigenvalue weighted by atomic mass is 16.5. The van der Waals surface area contributed by atoms with E-state index in [9.17, 15) is 4.79 Å². The van der Waals surface area contributed by atoms with Crippen molar-refractivity contribution in [1.29, 1.82) is 0 Å². The minimum absolute atomic E-state index is 0.235. The first-order chi connectivity index (χ1) is 9.68. The van der Waals surface area contributed by atoms with Crippen molar-refractivity contribution in [1.82, 2.24) is 4.90 Å². The fourth-order valence-corrected chi connectivity index (χ4v) is 2.71. The molecule has 1 atom stereocenters. The second-order valence-corrected chi connectivity index (χ2v) is 5.38. The summed E-state index contributed by atoms with van der Waals surface area (Å²) >= 11 is 0. The molecule has 2 rings (SSSR count). The van der Waals surface area contributed by atoms with Crippen molar-refractivity contribution in [3.63, 3.8) is 0 Å². The van der Waals surface area contributed by atoms with E-state index in [0.29, 0.717) is 18.4 Å². The summed E-state index contributed by atoms with van der Waals surface area (Å²) in [4.78, 5) is 13.6. The molecule has 1 aliphatic rings. The first-order valence-corrected chi connectivity index (χ1v) is 7.37. The third-order valence-corrected chi connectivity index (χ3v) is 3.91. The van der Waals surface area contributed by atoms with E-state index in [1.807, 2.05) is 0 Å². The summed E-state index contributed by atoms with van der Waals surface area (Å²) in [6.07, 6.45) is 4.83. The van der Waals surface area contributed by atoms with Crippen LogP contribution in [0.5, 0.6) is 5.75 Å². The monoisotopic (exact) mass is 277 g/mol. The first kappa shape index (κ1) is 14.9. The highest BCUT2D eigenvalue weighted by Gasteiger charge is 2.17. The number of aromatic carboxylic acids is 1. The molecule has 1 saturated heterocycles. The van der Waals surface area contributed by atoms with E-state index in [-0.39, 0.29) is 5.56 Å². The van der Waals surface area contributed by atoms with Crippen LogP contribution in [0.15, 0.2) is 24.3 Å². The third-order valence-electron chi connectivity index (χ3n) is 3.91. The Labute approximate surface area is 120 Å². The Morgan fingerprint density at radius 2 is 2.20 bits per heavy atom. The molecule has 0 bridgehead atoms. The first-order valence-electron chi connectivity index (χ1n) is 7.37. The van der Waals surface area contributed by atoms with Gasteiger partial charge in [0, 0.05) is 12.6 Å². The van der Waals surface area contributed by atoms with Crippen molar-refractivity contribution in [2.45, 2.75) is 38.6 Å². The summed E-state index contributed by atoms with van der Waals surface area (Å²) in [6.45, 7) is 5.04. The summed E-state index contributed by atoms with van der Waals surface area (Å²) in [5.74, 6) is -0.475. The van der Waals surface area contributed by atoms with Gasteiger partial charge in [-0.1, -0.05) is 18.6 Å². The topological polar surface area (TPSA) is 49.8 Å². The van der Waals surface area contributed by atoms with E-state index in [1.165, 1.54) is 25.8 Å². The highest BCUT2D eigenvalue weighted by molar-refractivity contribution is 5.90. The van der Waals surface area contributed by atoms with Crippen LogP contribution < -0.4 is 4.74 Å². The van der Waals surface area contributed by atoms with Gasteiger partial charge in [0.05, 0.1) is 6.61 Å². The van der Waals surface area contributed by atoms with Crippen LogP contribution in [0.2, 0.25) is 0 Å². The molecule has 110 valence electrons. The lowest BCUT2D eigenvalue weighted by Crippen LogP contribution is -2.38. The zero-order valence-electron chi connectivity index (χ0n) is 12.0. The van der Waals surface area contributed by atoms with E-state index in [0.717, 1.165) is 13.0 Å². The normalized spacial score (nSPS) is 19.8. The summed E-state index contributed by atoms with van der Waals surface area (Å²) in [6, 6.07) is 7.47. The fraction of sp³-hybridized carbons (Fsp3) is 0.562. The van der Waals surface area contributed by atoms with Gasteiger partial charge < -0.3 is 14.7 Å². The number of hydrogen-bond donors (Lipinski definition) is 1. The number of rotatable bonds is 6. The molecule has 4 heteroatoms. The van der Waals surface area contributed by atoms with E-state index in [1.54, 1.807) is 24.3 Å². The predicted octanol–water partition coefficient (Wildman–Crippen LogP) is 3.03. The fourth-order valence-electron chi connectivity index (χ4n) is 2.71. The number of hydrogen-bond acceptors (Lipinski definition) is 3. The maximum Gasteiger partial charge on any atom is 0.339 e.